The summed E-state index contributed by atoms with van der Waals surface area (Å²) in [7, 11) is 1.65. The number of aliphatic hydroxyl groups excluding tert-OH is 1. The van der Waals surface area contributed by atoms with Crippen molar-refractivity contribution < 1.29 is 14.2 Å². The van der Waals surface area contributed by atoms with E-state index in [2.05, 4.69) is 24.8 Å². The highest BCUT2D eigenvalue weighted by atomic mass is 32.1. The van der Waals surface area contributed by atoms with Crippen molar-refractivity contribution in [1.29, 1.82) is 0 Å². The highest BCUT2D eigenvalue weighted by Crippen LogP contribution is 2.29. The van der Waals surface area contributed by atoms with Gasteiger partial charge in [0.05, 0.1) is 12.2 Å². The van der Waals surface area contributed by atoms with E-state index in [-0.39, 0.29) is 18.0 Å². The summed E-state index contributed by atoms with van der Waals surface area (Å²) >= 11 is 1.70. The Morgan fingerprint density at radius 3 is 2.85 bits per heavy atom. The van der Waals surface area contributed by atoms with Crippen molar-refractivity contribution in [3.05, 3.63) is 71.4 Å². The van der Waals surface area contributed by atoms with Crippen LogP contribution in [0, 0.1) is 0 Å². The fourth-order valence-corrected chi connectivity index (χ4v) is 4.09. The zero-order valence-electron chi connectivity index (χ0n) is 16.2. The molecule has 2 rings (SSSR count). The van der Waals surface area contributed by atoms with Crippen LogP contribution in [0.1, 0.15) is 37.5 Å². The lowest BCUT2D eigenvalue weighted by Crippen LogP contribution is -2.16. The van der Waals surface area contributed by atoms with E-state index in [1.54, 1.807) is 18.4 Å². The SMILES string of the molecule is C=C/C=C(F)\C(=C/CCC[C@@H](O)C[C@@H](C)OC)Cc1cc2ccccc2s1. The third kappa shape index (κ3) is 7.06. The van der Waals surface area contributed by atoms with Gasteiger partial charge in [0.2, 0.25) is 0 Å². The van der Waals surface area contributed by atoms with Gasteiger partial charge in [-0.3, -0.25) is 0 Å². The van der Waals surface area contributed by atoms with Crippen LogP contribution in [-0.4, -0.2) is 24.4 Å². The Morgan fingerprint density at radius 2 is 2.15 bits per heavy atom. The molecule has 0 unspecified atom stereocenters. The van der Waals surface area contributed by atoms with E-state index in [9.17, 15) is 9.50 Å². The minimum absolute atomic E-state index is 0.0482. The number of fused-ring (bicyclic) bond motifs is 1. The molecule has 2 aromatic rings. The zero-order valence-corrected chi connectivity index (χ0v) is 17.0. The van der Waals surface area contributed by atoms with Crippen LogP contribution < -0.4 is 0 Å². The standard InChI is InChI=1S/C23H29FO2S/c1-4-9-22(24)18(10-5-7-12-20(25)14-17(2)26-3)15-21-16-19-11-6-8-13-23(19)27-21/h4,6,8-11,13,16-17,20,25H,1,5,7,12,14-15H2,2-3H3/b18-10-,22-9+/t17-,20-/m1/s1. The van der Waals surface area contributed by atoms with Gasteiger partial charge >= 0.3 is 0 Å². The van der Waals surface area contributed by atoms with Crippen molar-refractivity contribution in [2.24, 2.45) is 0 Å². The lowest BCUT2D eigenvalue weighted by atomic mass is 10.0. The molecule has 0 aliphatic carbocycles. The van der Waals surface area contributed by atoms with Gasteiger partial charge in [-0.05, 0) is 61.8 Å². The Balaban J connectivity index is 2.00. The summed E-state index contributed by atoms with van der Waals surface area (Å²) in [5, 5.41) is 11.2. The van der Waals surface area contributed by atoms with Crippen LogP contribution in [0.25, 0.3) is 10.1 Å². The molecular weight excluding hydrogens is 359 g/mol. The molecule has 1 N–H and O–H groups in total. The molecule has 0 saturated carbocycles. The molecule has 0 aliphatic rings. The molecule has 146 valence electrons. The largest absolute Gasteiger partial charge is 0.393 e. The average molecular weight is 389 g/mol. The van der Waals surface area contributed by atoms with Crippen molar-refractivity contribution in [3.8, 4) is 0 Å². The summed E-state index contributed by atoms with van der Waals surface area (Å²) in [5.74, 6) is -0.240. The van der Waals surface area contributed by atoms with Crippen LogP contribution in [0.5, 0.6) is 0 Å². The smallest absolute Gasteiger partial charge is 0.126 e. The van der Waals surface area contributed by atoms with Crippen LogP contribution in [0.2, 0.25) is 0 Å². The molecule has 2 atom stereocenters. The Morgan fingerprint density at radius 1 is 1.37 bits per heavy atom. The Hall–Kier alpha value is -1.75. The molecule has 27 heavy (non-hydrogen) atoms. The van der Waals surface area contributed by atoms with Gasteiger partial charge < -0.3 is 9.84 Å². The number of hydrogen-bond acceptors (Lipinski definition) is 3. The number of benzene rings is 1. The summed E-state index contributed by atoms with van der Waals surface area (Å²) in [6.45, 7) is 5.54. The van der Waals surface area contributed by atoms with Crippen LogP contribution in [0.3, 0.4) is 0 Å². The molecule has 1 aromatic carbocycles. The Bertz CT molecular complexity index is 758. The van der Waals surface area contributed by atoms with Crippen molar-refractivity contribution in [3.63, 3.8) is 0 Å². The molecule has 0 fully saturated rings. The molecule has 0 radical (unpaired) electrons. The fourth-order valence-electron chi connectivity index (χ4n) is 3.00. The molecule has 0 spiro atoms. The molecule has 0 aliphatic heterocycles. The second kappa shape index (κ2) is 11.2. The number of ether oxygens (including phenoxy) is 1. The zero-order chi connectivity index (χ0) is 19.6. The van der Waals surface area contributed by atoms with Crippen LogP contribution in [0.4, 0.5) is 4.39 Å². The van der Waals surface area contributed by atoms with E-state index in [4.69, 9.17) is 4.74 Å². The van der Waals surface area contributed by atoms with Gasteiger partial charge in [-0.2, -0.15) is 0 Å². The van der Waals surface area contributed by atoms with Crippen LogP contribution in [0.15, 0.2) is 66.5 Å². The Kier molecular flexibility index (Phi) is 8.92. The predicted molar refractivity (Wildman–Crippen MR) is 114 cm³/mol. The molecule has 1 heterocycles. The van der Waals surface area contributed by atoms with E-state index in [1.165, 1.54) is 22.2 Å². The second-order valence-electron chi connectivity index (χ2n) is 6.77. The van der Waals surface area contributed by atoms with Gasteiger partial charge in [-0.15, -0.1) is 11.3 Å². The number of aliphatic hydroxyl groups is 1. The van der Waals surface area contributed by atoms with Gasteiger partial charge in [0, 0.05) is 23.1 Å². The summed E-state index contributed by atoms with van der Waals surface area (Å²) in [5.41, 5.74) is 0.682. The quantitative estimate of drug-likeness (QED) is 0.358. The number of rotatable bonds is 11. The molecule has 1 aromatic heterocycles. The maximum Gasteiger partial charge on any atom is 0.126 e. The van der Waals surface area contributed by atoms with E-state index in [0.29, 0.717) is 24.8 Å². The minimum atomic E-state index is -0.382. The monoisotopic (exact) mass is 388 g/mol. The van der Waals surface area contributed by atoms with E-state index >= 15 is 0 Å². The molecule has 0 bridgehead atoms. The van der Waals surface area contributed by atoms with E-state index < -0.39 is 0 Å². The molecule has 4 heteroatoms. The van der Waals surface area contributed by atoms with Crippen molar-refractivity contribution in [2.75, 3.05) is 7.11 Å². The first kappa shape index (κ1) is 21.5. The molecule has 2 nitrogen and oxygen atoms in total. The highest BCUT2D eigenvalue weighted by Gasteiger charge is 2.11. The Labute approximate surface area is 165 Å². The number of halogens is 1. The first-order valence-corrected chi connectivity index (χ1v) is 10.2. The maximum absolute atomic E-state index is 14.5. The van der Waals surface area contributed by atoms with Gasteiger partial charge in [0.1, 0.15) is 5.83 Å². The predicted octanol–water partition coefficient (Wildman–Crippen LogP) is 6.37. The lowest BCUT2D eigenvalue weighted by molar-refractivity contribution is 0.0522. The van der Waals surface area contributed by atoms with Gasteiger partial charge in [0.25, 0.3) is 0 Å². The van der Waals surface area contributed by atoms with Gasteiger partial charge in [-0.25, -0.2) is 4.39 Å². The maximum atomic E-state index is 14.5. The minimum Gasteiger partial charge on any atom is -0.393 e. The van der Waals surface area contributed by atoms with Gasteiger partial charge in [-0.1, -0.05) is 36.9 Å². The number of unbranched alkanes of at least 4 members (excludes halogenated alkanes) is 1. The third-order valence-electron chi connectivity index (χ3n) is 4.55. The number of hydrogen-bond donors (Lipinski definition) is 1. The highest BCUT2D eigenvalue weighted by molar-refractivity contribution is 7.19. The second-order valence-corrected chi connectivity index (χ2v) is 7.94. The van der Waals surface area contributed by atoms with Gasteiger partial charge in [0.15, 0.2) is 0 Å². The summed E-state index contributed by atoms with van der Waals surface area (Å²) in [6.07, 6.45) is 7.93. The van der Waals surface area contributed by atoms with Crippen molar-refractivity contribution in [1.82, 2.24) is 0 Å². The van der Waals surface area contributed by atoms with Crippen molar-refractivity contribution >= 4 is 21.4 Å². The summed E-state index contributed by atoms with van der Waals surface area (Å²) in [6, 6.07) is 10.3. The van der Waals surface area contributed by atoms with E-state index in [1.807, 2.05) is 25.1 Å². The van der Waals surface area contributed by atoms with Crippen molar-refractivity contribution in [2.45, 2.75) is 51.2 Å². The summed E-state index contributed by atoms with van der Waals surface area (Å²) in [4.78, 5) is 1.14. The third-order valence-corrected chi connectivity index (χ3v) is 5.67. The molecular formula is C23H29FO2S. The normalized spacial score (nSPS) is 15.1. The fraction of sp³-hybridized carbons (Fsp3) is 0.391. The number of allylic oxidation sites excluding steroid dienone is 5. The van der Waals surface area contributed by atoms with Crippen LogP contribution in [-0.2, 0) is 11.2 Å². The van der Waals surface area contributed by atoms with Crippen LogP contribution >= 0.6 is 11.3 Å². The van der Waals surface area contributed by atoms with E-state index in [0.717, 1.165) is 17.7 Å². The number of thiophene rings is 1. The number of methoxy groups -OCH3 is 1. The topological polar surface area (TPSA) is 29.5 Å². The molecule has 0 saturated heterocycles. The first-order valence-electron chi connectivity index (χ1n) is 9.39. The molecule has 0 amide bonds. The average Bonchev–Trinajstić information content (AvgIpc) is 3.06. The lowest BCUT2D eigenvalue weighted by Gasteiger charge is -2.14. The first-order chi connectivity index (χ1) is 13.0. The summed E-state index contributed by atoms with van der Waals surface area (Å²) < 4.78 is 20.9.